The van der Waals surface area contributed by atoms with Crippen LogP contribution in [-0.2, 0) is 11.3 Å². The van der Waals surface area contributed by atoms with Gasteiger partial charge in [-0.1, -0.05) is 30.3 Å². The molecule has 0 radical (unpaired) electrons. The summed E-state index contributed by atoms with van der Waals surface area (Å²) in [6, 6.07) is 12.7. The number of aromatic hydroxyl groups is 2. The van der Waals surface area contributed by atoms with Crippen LogP contribution in [0.3, 0.4) is 0 Å². The van der Waals surface area contributed by atoms with Crippen molar-refractivity contribution in [1.29, 1.82) is 0 Å². The van der Waals surface area contributed by atoms with Crippen molar-refractivity contribution in [3.63, 3.8) is 0 Å². The van der Waals surface area contributed by atoms with Gasteiger partial charge in [-0.2, -0.15) is 0 Å². The number of hydrogen-bond acceptors (Lipinski definition) is 6. The fraction of sp³-hybridized carbons (Fsp3) is 0.235. The molecule has 0 saturated carbocycles. The molecule has 2 aromatic carbocycles. The van der Waals surface area contributed by atoms with E-state index in [0.717, 1.165) is 11.6 Å². The van der Waals surface area contributed by atoms with Crippen molar-refractivity contribution in [2.24, 2.45) is 0 Å². The summed E-state index contributed by atoms with van der Waals surface area (Å²) in [7, 11) is 0. The lowest BCUT2D eigenvalue weighted by atomic mass is 10.0. The lowest BCUT2D eigenvalue weighted by Gasteiger charge is -2.19. The first-order valence-corrected chi connectivity index (χ1v) is 7.30. The third-order valence-corrected chi connectivity index (χ3v) is 3.36. The summed E-state index contributed by atoms with van der Waals surface area (Å²) in [5, 5.41) is 41.3. The molecule has 7 heteroatoms. The molecule has 2 unspecified atom stereocenters. The molecule has 5 N–H and O–H groups in total. The normalized spacial score (nSPS) is 13.1. The number of aliphatic hydroxyl groups excluding tert-OH is 2. The lowest BCUT2D eigenvalue weighted by molar-refractivity contribution is 0.0170. The number of alkyl carbamates (subject to hydrolysis) is 1. The van der Waals surface area contributed by atoms with E-state index in [1.165, 1.54) is 12.1 Å². The Morgan fingerprint density at radius 1 is 1.08 bits per heavy atom. The van der Waals surface area contributed by atoms with Crippen LogP contribution < -0.4 is 5.32 Å². The van der Waals surface area contributed by atoms with Gasteiger partial charge in [0.05, 0.1) is 0 Å². The highest BCUT2D eigenvalue weighted by Gasteiger charge is 2.22. The van der Waals surface area contributed by atoms with Crippen molar-refractivity contribution in [2.45, 2.75) is 18.8 Å². The van der Waals surface area contributed by atoms with E-state index < -0.39 is 18.3 Å². The smallest absolute Gasteiger partial charge is 0.407 e. The van der Waals surface area contributed by atoms with Crippen LogP contribution >= 0.6 is 0 Å². The van der Waals surface area contributed by atoms with E-state index in [-0.39, 0.29) is 30.2 Å². The summed E-state index contributed by atoms with van der Waals surface area (Å²) in [6.07, 6.45) is -3.61. The third kappa shape index (κ3) is 4.87. The molecule has 0 bridgehead atoms. The average Bonchev–Trinajstić information content (AvgIpc) is 2.60. The average molecular weight is 333 g/mol. The topological polar surface area (TPSA) is 119 Å². The van der Waals surface area contributed by atoms with Gasteiger partial charge >= 0.3 is 6.09 Å². The fourth-order valence-electron chi connectivity index (χ4n) is 2.06. The Morgan fingerprint density at radius 2 is 1.79 bits per heavy atom. The Balaban J connectivity index is 1.82. The quantitative estimate of drug-likeness (QED) is 0.510. The van der Waals surface area contributed by atoms with Gasteiger partial charge in [0.2, 0.25) is 0 Å². The summed E-state index contributed by atoms with van der Waals surface area (Å²) in [5.41, 5.74) is 0.778. The Kier molecular flexibility index (Phi) is 6.00. The fourth-order valence-corrected chi connectivity index (χ4v) is 2.06. The lowest BCUT2D eigenvalue weighted by Crippen LogP contribution is -2.35. The van der Waals surface area contributed by atoms with Gasteiger partial charge in [0, 0.05) is 12.1 Å². The zero-order valence-electron chi connectivity index (χ0n) is 12.8. The van der Waals surface area contributed by atoms with Crippen LogP contribution in [0.2, 0.25) is 0 Å². The molecule has 128 valence electrons. The van der Waals surface area contributed by atoms with Crippen LogP contribution in [0.1, 0.15) is 17.2 Å². The Hall–Kier alpha value is -2.77. The van der Waals surface area contributed by atoms with Gasteiger partial charge in [-0.05, 0) is 23.8 Å². The van der Waals surface area contributed by atoms with E-state index in [4.69, 9.17) is 4.74 Å². The zero-order valence-corrected chi connectivity index (χ0v) is 12.8. The SMILES string of the molecule is O=C(NCC(O)C(O)c1cc(O)ccc1O)OCc1ccccc1. The molecule has 2 rings (SSSR count). The maximum absolute atomic E-state index is 11.6. The number of benzene rings is 2. The van der Waals surface area contributed by atoms with Crippen molar-refractivity contribution in [2.75, 3.05) is 6.54 Å². The first kappa shape index (κ1) is 17.6. The second-order valence-corrected chi connectivity index (χ2v) is 5.20. The maximum atomic E-state index is 11.6. The molecular formula is C17H19NO6. The molecule has 0 aliphatic rings. The number of phenolic OH excluding ortho intramolecular Hbond substituents is 2. The first-order chi connectivity index (χ1) is 11.5. The second kappa shape index (κ2) is 8.19. The van der Waals surface area contributed by atoms with Crippen LogP contribution in [0.4, 0.5) is 4.79 Å². The van der Waals surface area contributed by atoms with Crippen LogP contribution in [0.15, 0.2) is 48.5 Å². The van der Waals surface area contributed by atoms with Crippen LogP contribution in [0.5, 0.6) is 11.5 Å². The van der Waals surface area contributed by atoms with Crippen LogP contribution in [0, 0.1) is 0 Å². The summed E-state index contributed by atoms with van der Waals surface area (Å²) in [4.78, 5) is 11.6. The molecule has 0 aliphatic carbocycles. The summed E-state index contributed by atoms with van der Waals surface area (Å²) in [6.45, 7) is -0.206. The Labute approximate surface area is 138 Å². The highest BCUT2D eigenvalue weighted by Crippen LogP contribution is 2.29. The molecule has 1 amide bonds. The minimum Gasteiger partial charge on any atom is -0.508 e. The molecule has 24 heavy (non-hydrogen) atoms. The van der Waals surface area contributed by atoms with Crippen LogP contribution in [-0.4, -0.2) is 39.2 Å². The van der Waals surface area contributed by atoms with Crippen molar-refractivity contribution in [3.8, 4) is 11.5 Å². The van der Waals surface area contributed by atoms with Crippen molar-refractivity contribution >= 4 is 6.09 Å². The van der Waals surface area contributed by atoms with E-state index >= 15 is 0 Å². The molecule has 0 heterocycles. The number of ether oxygens (including phenoxy) is 1. The standard InChI is InChI=1S/C17H19NO6/c19-12-6-7-14(20)13(8-12)16(22)15(21)9-18-17(23)24-10-11-4-2-1-3-5-11/h1-8,15-16,19-22H,9-10H2,(H,18,23). The second-order valence-electron chi connectivity index (χ2n) is 5.20. The highest BCUT2D eigenvalue weighted by molar-refractivity contribution is 5.67. The molecule has 0 saturated heterocycles. The summed E-state index contributed by atoms with van der Waals surface area (Å²) >= 11 is 0. The van der Waals surface area contributed by atoms with Gasteiger partial charge < -0.3 is 30.5 Å². The van der Waals surface area contributed by atoms with E-state index in [1.54, 1.807) is 12.1 Å². The molecular weight excluding hydrogens is 314 g/mol. The Morgan fingerprint density at radius 3 is 2.50 bits per heavy atom. The van der Waals surface area contributed by atoms with Gasteiger partial charge in [0.1, 0.15) is 30.3 Å². The number of hydrogen-bond donors (Lipinski definition) is 5. The monoisotopic (exact) mass is 333 g/mol. The minimum absolute atomic E-state index is 0.0399. The van der Waals surface area contributed by atoms with Crippen molar-refractivity contribution in [3.05, 3.63) is 59.7 Å². The Bertz CT molecular complexity index is 676. The van der Waals surface area contributed by atoms with E-state index in [0.29, 0.717) is 0 Å². The van der Waals surface area contributed by atoms with Crippen molar-refractivity contribution < 1.29 is 30.0 Å². The molecule has 2 atom stereocenters. The number of aliphatic hydroxyl groups is 2. The first-order valence-electron chi connectivity index (χ1n) is 7.30. The van der Waals surface area contributed by atoms with Gasteiger partial charge in [0.15, 0.2) is 0 Å². The van der Waals surface area contributed by atoms with E-state index in [9.17, 15) is 25.2 Å². The number of carbonyl (C=O) groups excluding carboxylic acids is 1. The number of phenols is 2. The number of amides is 1. The third-order valence-electron chi connectivity index (χ3n) is 3.36. The van der Waals surface area contributed by atoms with Gasteiger partial charge in [-0.3, -0.25) is 0 Å². The molecule has 0 fully saturated rings. The number of nitrogens with one attached hydrogen (secondary N) is 1. The summed E-state index contributed by atoms with van der Waals surface area (Å²) in [5.74, 6) is -0.435. The molecule has 0 spiro atoms. The van der Waals surface area contributed by atoms with E-state index in [1.807, 2.05) is 18.2 Å². The molecule has 0 aromatic heterocycles. The van der Waals surface area contributed by atoms with Gasteiger partial charge in [0.25, 0.3) is 0 Å². The largest absolute Gasteiger partial charge is 0.508 e. The predicted octanol–water partition coefficient (Wildman–Crippen LogP) is 1.42. The highest BCUT2D eigenvalue weighted by atomic mass is 16.5. The predicted molar refractivity (Wildman–Crippen MR) is 85.4 cm³/mol. The van der Waals surface area contributed by atoms with Gasteiger partial charge in [-0.25, -0.2) is 4.79 Å². The number of rotatable bonds is 6. The molecule has 7 nitrogen and oxygen atoms in total. The molecule has 2 aromatic rings. The minimum atomic E-state index is -1.48. The van der Waals surface area contributed by atoms with Gasteiger partial charge in [-0.15, -0.1) is 0 Å². The van der Waals surface area contributed by atoms with Crippen molar-refractivity contribution in [1.82, 2.24) is 5.32 Å². The zero-order chi connectivity index (χ0) is 17.5. The van der Waals surface area contributed by atoms with Crippen LogP contribution in [0.25, 0.3) is 0 Å². The maximum Gasteiger partial charge on any atom is 0.407 e. The number of carbonyl (C=O) groups is 1. The van der Waals surface area contributed by atoms with E-state index in [2.05, 4.69) is 5.32 Å². The molecule has 0 aliphatic heterocycles. The summed E-state index contributed by atoms with van der Waals surface area (Å²) < 4.78 is 4.97.